The number of nitrogens with one attached hydrogen (secondary N) is 2. The number of H-pyrrole nitrogens is 1. The van der Waals surface area contributed by atoms with Gasteiger partial charge in [0.25, 0.3) is 0 Å². The Balaban J connectivity index is 1.86. The monoisotopic (exact) mass is 269 g/mol. The van der Waals surface area contributed by atoms with E-state index in [9.17, 15) is 13.2 Å². The van der Waals surface area contributed by atoms with Gasteiger partial charge in [0.15, 0.2) is 0 Å². The van der Waals surface area contributed by atoms with Gasteiger partial charge in [-0.2, -0.15) is 13.2 Å². The normalized spacial score (nSPS) is 11.8. The summed E-state index contributed by atoms with van der Waals surface area (Å²) in [7, 11) is 0. The van der Waals surface area contributed by atoms with Gasteiger partial charge in [0.05, 0.1) is 12.1 Å². The number of aromatic amines is 1. The van der Waals surface area contributed by atoms with E-state index in [2.05, 4.69) is 15.3 Å². The Morgan fingerprint density at radius 1 is 1.16 bits per heavy atom. The van der Waals surface area contributed by atoms with E-state index in [1.165, 1.54) is 12.1 Å². The number of hydrogen-bond acceptors (Lipinski definition) is 2. The predicted octanol–water partition coefficient (Wildman–Crippen LogP) is 3.03. The molecule has 1 aromatic heterocycles. The lowest BCUT2D eigenvalue weighted by atomic mass is 10.1. The van der Waals surface area contributed by atoms with E-state index in [1.54, 1.807) is 6.20 Å². The second-order valence-corrected chi connectivity index (χ2v) is 4.31. The van der Waals surface area contributed by atoms with Crippen LogP contribution < -0.4 is 5.32 Å². The first kappa shape index (κ1) is 13.6. The molecule has 2 aromatic rings. The van der Waals surface area contributed by atoms with Crippen molar-refractivity contribution < 1.29 is 13.2 Å². The third-order valence-electron chi connectivity index (χ3n) is 2.66. The summed E-state index contributed by atoms with van der Waals surface area (Å²) >= 11 is 0. The molecule has 0 radical (unpaired) electrons. The number of alkyl halides is 3. The molecule has 0 saturated carbocycles. The Kier molecular flexibility index (Phi) is 3.90. The van der Waals surface area contributed by atoms with Crippen LogP contribution in [-0.2, 0) is 19.3 Å². The minimum absolute atomic E-state index is 0.498. The van der Waals surface area contributed by atoms with E-state index in [0.717, 1.165) is 29.2 Å². The summed E-state index contributed by atoms with van der Waals surface area (Å²) in [6.07, 6.45) is -2.55. The van der Waals surface area contributed by atoms with E-state index in [1.807, 2.05) is 6.92 Å². The molecular formula is C13H14F3N3. The van der Waals surface area contributed by atoms with Crippen molar-refractivity contribution in [2.24, 2.45) is 0 Å². The molecule has 3 nitrogen and oxygen atoms in total. The summed E-state index contributed by atoms with van der Waals surface area (Å²) < 4.78 is 37.1. The van der Waals surface area contributed by atoms with Gasteiger partial charge >= 0.3 is 6.18 Å². The molecule has 102 valence electrons. The molecule has 0 aliphatic heterocycles. The van der Waals surface area contributed by atoms with Gasteiger partial charge in [-0.3, -0.25) is 0 Å². The van der Waals surface area contributed by atoms with Crippen molar-refractivity contribution in [3.05, 3.63) is 53.1 Å². The van der Waals surface area contributed by atoms with Crippen molar-refractivity contribution in [2.45, 2.75) is 26.2 Å². The SMILES string of the molecule is Cc1cnc(CNCc2ccc(C(F)(F)F)cc2)[nH]1. The Labute approximate surface area is 108 Å². The fourth-order valence-corrected chi connectivity index (χ4v) is 1.69. The molecule has 0 unspecified atom stereocenters. The summed E-state index contributed by atoms with van der Waals surface area (Å²) in [4.78, 5) is 7.20. The average molecular weight is 269 g/mol. The number of nitrogens with zero attached hydrogens (tertiary/aromatic N) is 1. The van der Waals surface area contributed by atoms with Crippen LogP contribution in [0.5, 0.6) is 0 Å². The van der Waals surface area contributed by atoms with Crippen molar-refractivity contribution in [2.75, 3.05) is 0 Å². The predicted molar refractivity (Wildman–Crippen MR) is 65.3 cm³/mol. The van der Waals surface area contributed by atoms with Crippen molar-refractivity contribution in [3.8, 4) is 0 Å². The fourth-order valence-electron chi connectivity index (χ4n) is 1.69. The minimum atomic E-state index is -4.28. The Morgan fingerprint density at radius 3 is 2.37 bits per heavy atom. The summed E-state index contributed by atoms with van der Waals surface area (Å²) in [5.74, 6) is 0.810. The topological polar surface area (TPSA) is 40.7 Å². The molecule has 0 saturated heterocycles. The fraction of sp³-hybridized carbons (Fsp3) is 0.308. The minimum Gasteiger partial charge on any atom is -0.345 e. The van der Waals surface area contributed by atoms with Crippen LogP contribution in [0, 0.1) is 6.92 Å². The van der Waals surface area contributed by atoms with Gasteiger partial charge in [-0.05, 0) is 24.6 Å². The van der Waals surface area contributed by atoms with Gasteiger partial charge in [0.1, 0.15) is 5.82 Å². The summed E-state index contributed by atoms with van der Waals surface area (Å²) in [6, 6.07) is 5.13. The molecular weight excluding hydrogens is 255 g/mol. The van der Waals surface area contributed by atoms with Crippen molar-refractivity contribution in [1.82, 2.24) is 15.3 Å². The van der Waals surface area contributed by atoms with E-state index in [-0.39, 0.29) is 0 Å². The summed E-state index contributed by atoms with van der Waals surface area (Å²) in [5, 5.41) is 3.11. The maximum absolute atomic E-state index is 12.4. The highest BCUT2D eigenvalue weighted by Gasteiger charge is 2.29. The Bertz CT molecular complexity index is 529. The molecule has 0 fully saturated rings. The Morgan fingerprint density at radius 2 is 1.84 bits per heavy atom. The molecule has 1 heterocycles. The number of imidazole rings is 1. The van der Waals surface area contributed by atoms with E-state index >= 15 is 0 Å². The van der Waals surface area contributed by atoms with Crippen LogP contribution in [0.25, 0.3) is 0 Å². The number of benzene rings is 1. The largest absolute Gasteiger partial charge is 0.416 e. The average Bonchev–Trinajstić information content (AvgIpc) is 2.75. The van der Waals surface area contributed by atoms with Gasteiger partial charge in [-0.1, -0.05) is 12.1 Å². The zero-order valence-electron chi connectivity index (χ0n) is 10.4. The quantitative estimate of drug-likeness (QED) is 0.895. The lowest BCUT2D eigenvalue weighted by Gasteiger charge is -2.08. The molecule has 1 aromatic carbocycles. The highest BCUT2D eigenvalue weighted by atomic mass is 19.4. The molecule has 0 aliphatic rings. The van der Waals surface area contributed by atoms with Crippen LogP contribution >= 0.6 is 0 Å². The summed E-state index contributed by atoms with van der Waals surface area (Å²) in [5.41, 5.74) is 1.15. The first-order valence-corrected chi connectivity index (χ1v) is 5.82. The number of rotatable bonds is 4. The van der Waals surface area contributed by atoms with Gasteiger partial charge in [0, 0.05) is 18.4 Å². The molecule has 0 atom stereocenters. The number of hydrogen-bond donors (Lipinski definition) is 2. The van der Waals surface area contributed by atoms with Crippen LogP contribution in [0.4, 0.5) is 13.2 Å². The van der Waals surface area contributed by atoms with Crippen molar-refractivity contribution in [3.63, 3.8) is 0 Å². The third kappa shape index (κ3) is 3.82. The second-order valence-electron chi connectivity index (χ2n) is 4.31. The molecule has 2 rings (SSSR count). The molecule has 0 amide bonds. The smallest absolute Gasteiger partial charge is 0.345 e. The first-order chi connectivity index (χ1) is 8.95. The number of aryl methyl sites for hydroxylation is 1. The Hall–Kier alpha value is -1.82. The zero-order chi connectivity index (χ0) is 13.9. The third-order valence-corrected chi connectivity index (χ3v) is 2.66. The second kappa shape index (κ2) is 5.44. The van der Waals surface area contributed by atoms with Gasteiger partial charge in [-0.15, -0.1) is 0 Å². The van der Waals surface area contributed by atoms with Crippen LogP contribution in [0.3, 0.4) is 0 Å². The van der Waals surface area contributed by atoms with Gasteiger partial charge in [0.2, 0.25) is 0 Å². The number of aromatic nitrogens is 2. The lowest BCUT2D eigenvalue weighted by molar-refractivity contribution is -0.137. The van der Waals surface area contributed by atoms with Crippen molar-refractivity contribution in [1.29, 1.82) is 0 Å². The highest BCUT2D eigenvalue weighted by molar-refractivity contribution is 5.24. The van der Waals surface area contributed by atoms with E-state index < -0.39 is 11.7 Å². The standard InChI is InChI=1S/C13H14F3N3/c1-9-6-18-12(19-9)8-17-7-10-2-4-11(5-3-10)13(14,15)16/h2-6,17H,7-8H2,1H3,(H,18,19). The lowest BCUT2D eigenvalue weighted by Crippen LogP contribution is -2.14. The molecule has 0 aliphatic carbocycles. The molecule has 0 bridgehead atoms. The number of halogens is 3. The maximum Gasteiger partial charge on any atom is 0.416 e. The molecule has 0 spiro atoms. The highest BCUT2D eigenvalue weighted by Crippen LogP contribution is 2.28. The molecule has 2 N–H and O–H groups in total. The maximum atomic E-state index is 12.4. The van der Waals surface area contributed by atoms with Crippen LogP contribution in [-0.4, -0.2) is 9.97 Å². The first-order valence-electron chi connectivity index (χ1n) is 5.82. The van der Waals surface area contributed by atoms with Crippen molar-refractivity contribution >= 4 is 0 Å². The van der Waals surface area contributed by atoms with E-state index in [0.29, 0.717) is 13.1 Å². The summed E-state index contributed by atoms with van der Waals surface area (Å²) in [6.45, 7) is 2.96. The molecule has 19 heavy (non-hydrogen) atoms. The van der Waals surface area contributed by atoms with Crippen LogP contribution in [0.1, 0.15) is 22.6 Å². The van der Waals surface area contributed by atoms with E-state index in [4.69, 9.17) is 0 Å². The molecule has 6 heteroatoms. The zero-order valence-corrected chi connectivity index (χ0v) is 10.4. The van der Waals surface area contributed by atoms with Crippen LogP contribution in [0.2, 0.25) is 0 Å². The van der Waals surface area contributed by atoms with Gasteiger partial charge < -0.3 is 10.3 Å². The van der Waals surface area contributed by atoms with Crippen LogP contribution in [0.15, 0.2) is 30.5 Å². The van der Waals surface area contributed by atoms with Gasteiger partial charge in [-0.25, -0.2) is 4.98 Å².